The molecule has 0 saturated carbocycles. The van der Waals surface area contributed by atoms with E-state index in [1.807, 2.05) is 18.2 Å². The van der Waals surface area contributed by atoms with Gasteiger partial charge in [-0.25, -0.2) is 10.9 Å². The van der Waals surface area contributed by atoms with E-state index in [1.165, 1.54) is 0 Å². The Bertz CT molecular complexity index is 395. The van der Waals surface area contributed by atoms with Gasteiger partial charge < -0.3 is 14.2 Å². The lowest BCUT2D eigenvalue weighted by molar-refractivity contribution is 0.173. The normalized spacial score (nSPS) is 18.6. The van der Waals surface area contributed by atoms with Crippen molar-refractivity contribution < 1.29 is 14.2 Å². The van der Waals surface area contributed by atoms with Crippen molar-refractivity contribution >= 4 is 0 Å². The minimum atomic E-state index is 0.156. The first-order chi connectivity index (χ1) is 8.42. The summed E-state index contributed by atoms with van der Waals surface area (Å²) in [6.07, 6.45) is 0.984. The third-order valence-electron chi connectivity index (χ3n) is 2.57. The number of rotatable bonds is 4. The van der Waals surface area contributed by atoms with Gasteiger partial charge in [-0.2, -0.15) is 11.1 Å². The maximum absolute atomic E-state index is 5.62. The molecule has 2 aliphatic rings. The Morgan fingerprint density at radius 2 is 2.00 bits per heavy atom. The van der Waals surface area contributed by atoms with Crippen LogP contribution in [0.1, 0.15) is 6.42 Å². The van der Waals surface area contributed by atoms with Crippen LogP contribution in [0.5, 0.6) is 17.2 Å². The van der Waals surface area contributed by atoms with E-state index in [0.29, 0.717) is 6.61 Å². The second kappa shape index (κ2) is 4.76. The van der Waals surface area contributed by atoms with Gasteiger partial charge in [0, 0.05) is 12.5 Å². The summed E-state index contributed by atoms with van der Waals surface area (Å²) in [7, 11) is 0. The molecule has 1 aromatic carbocycles. The van der Waals surface area contributed by atoms with Crippen molar-refractivity contribution in [2.45, 2.75) is 12.6 Å². The molecule has 0 aliphatic carbocycles. The van der Waals surface area contributed by atoms with E-state index in [1.54, 1.807) is 0 Å². The van der Waals surface area contributed by atoms with Gasteiger partial charge in [0.15, 0.2) is 11.5 Å². The van der Waals surface area contributed by atoms with Gasteiger partial charge in [0.1, 0.15) is 5.75 Å². The van der Waals surface area contributed by atoms with Crippen LogP contribution >= 0.6 is 0 Å². The predicted molar refractivity (Wildman–Crippen MR) is 59.0 cm³/mol. The van der Waals surface area contributed by atoms with Gasteiger partial charge >= 0.3 is 0 Å². The Morgan fingerprint density at radius 3 is 2.88 bits per heavy atom. The quantitative estimate of drug-likeness (QED) is 0.570. The molecule has 2 aliphatic heterocycles. The second-order valence-electron chi connectivity index (χ2n) is 3.74. The van der Waals surface area contributed by atoms with E-state index in [-0.39, 0.29) is 13.0 Å². The van der Waals surface area contributed by atoms with Gasteiger partial charge in [0.2, 0.25) is 6.79 Å². The zero-order valence-electron chi connectivity index (χ0n) is 9.16. The van der Waals surface area contributed by atoms with Crippen LogP contribution in [-0.4, -0.2) is 19.6 Å². The van der Waals surface area contributed by atoms with E-state index in [2.05, 4.69) is 21.9 Å². The largest absolute Gasteiger partial charge is 0.493 e. The first kappa shape index (κ1) is 10.6. The molecule has 7 heteroatoms. The number of hydrogen-bond acceptors (Lipinski definition) is 7. The Balaban J connectivity index is 1.51. The molecule has 17 heavy (non-hydrogen) atoms. The van der Waals surface area contributed by atoms with Crippen LogP contribution in [0, 0.1) is 0 Å². The van der Waals surface area contributed by atoms with Crippen molar-refractivity contribution in [1.29, 1.82) is 0 Å². The van der Waals surface area contributed by atoms with Crippen molar-refractivity contribution in [3.63, 3.8) is 0 Å². The Labute approximate surface area is 98.3 Å². The highest BCUT2D eigenvalue weighted by atomic mass is 16.7. The molecular weight excluding hydrogens is 224 g/mol. The fourth-order valence-corrected chi connectivity index (χ4v) is 1.69. The molecule has 4 N–H and O–H groups in total. The molecule has 92 valence electrons. The summed E-state index contributed by atoms with van der Waals surface area (Å²) >= 11 is 0. The van der Waals surface area contributed by atoms with Crippen LogP contribution in [0.3, 0.4) is 0 Å². The SMILES string of the molecule is c1cc2c(cc1OCCC1NNNN1)OCO2. The van der Waals surface area contributed by atoms with Crippen molar-refractivity contribution in [2.24, 2.45) is 0 Å². The van der Waals surface area contributed by atoms with Crippen LogP contribution in [-0.2, 0) is 0 Å². The molecule has 2 heterocycles. The van der Waals surface area contributed by atoms with Crippen molar-refractivity contribution in [3.8, 4) is 17.2 Å². The summed E-state index contributed by atoms with van der Waals surface area (Å²) in [5, 5.41) is 0. The average Bonchev–Trinajstić information content (AvgIpc) is 2.98. The maximum Gasteiger partial charge on any atom is 0.231 e. The van der Waals surface area contributed by atoms with Gasteiger partial charge in [-0.15, -0.1) is 0 Å². The molecule has 0 bridgehead atoms. The molecule has 1 saturated heterocycles. The van der Waals surface area contributed by atoms with E-state index in [9.17, 15) is 0 Å². The van der Waals surface area contributed by atoms with Gasteiger partial charge in [-0.3, -0.25) is 0 Å². The zero-order valence-corrected chi connectivity index (χ0v) is 9.16. The molecule has 0 aromatic heterocycles. The summed E-state index contributed by atoms with van der Waals surface area (Å²) in [5.74, 6) is 2.29. The molecule has 0 unspecified atom stereocenters. The van der Waals surface area contributed by atoms with Crippen LogP contribution in [0.25, 0.3) is 0 Å². The fraction of sp³-hybridized carbons (Fsp3) is 0.400. The molecule has 0 radical (unpaired) electrons. The predicted octanol–water partition coefficient (Wildman–Crippen LogP) is -0.373. The van der Waals surface area contributed by atoms with Gasteiger partial charge in [0.25, 0.3) is 0 Å². The molecule has 0 atom stereocenters. The highest BCUT2D eigenvalue weighted by Gasteiger charge is 2.15. The van der Waals surface area contributed by atoms with Crippen LogP contribution < -0.4 is 36.1 Å². The fourth-order valence-electron chi connectivity index (χ4n) is 1.69. The number of ether oxygens (including phenoxy) is 3. The molecule has 1 aromatic rings. The molecule has 0 amide bonds. The number of hydrogen-bond donors (Lipinski definition) is 4. The number of nitrogens with one attached hydrogen (secondary N) is 4. The second-order valence-corrected chi connectivity index (χ2v) is 3.74. The molecule has 1 fully saturated rings. The molecule has 7 nitrogen and oxygen atoms in total. The standard InChI is InChI=1S/C10H14N4O3/c1-2-8-9(17-6-16-8)5-7(1)15-4-3-10-11-13-14-12-10/h1-2,5,10-14H,3-4,6H2. The monoisotopic (exact) mass is 238 g/mol. The summed E-state index contributed by atoms with van der Waals surface area (Å²) in [5.41, 5.74) is 11.5. The third kappa shape index (κ3) is 2.42. The van der Waals surface area contributed by atoms with Crippen LogP contribution in [0.15, 0.2) is 18.2 Å². The number of benzene rings is 1. The molecule has 0 spiro atoms. The van der Waals surface area contributed by atoms with E-state index >= 15 is 0 Å². The van der Waals surface area contributed by atoms with E-state index < -0.39 is 0 Å². The first-order valence-electron chi connectivity index (χ1n) is 5.45. The van der Waals surface area contributed by atoms with Crippen molar-refractivity contribution in [1.82, 2.24) is 21.9 Å². The third-order valence-corrected chi connectivity index (χ3v) is 2.57. The Hall–Kier alpha value is -1.54. The molecule has 3 rings (SSSR count). The minimum Gasteiger partial charge on any atom is -0.493 e. The minimum absolute atomic E-state index is 0.156. The van der Waals surface area contributed by atoms with Gasteiger partial charge in [-0.1, -0.05) is 0 Å². The zero-order chi connectivity index (χ0) is 11.5. The highest BCUT2D eigenvalue weighted by molar-refractivity contribution is 5.46. The van der Waals surface area contributed by atoms with Crippen molar-refractivity contribution in [2.75, 3.05) is 13.4 Å². The number of fused-ring (bicyclic) bond motifs is 1. The highest BCUT2D eigenvalue weighted by Crippen LogP contribution is 2.35. The smallest absolute Gasteiger partial charge is 0.231 e. The van der Waals surface area contributed by atoms with Gasteiger partial charge in [-0.05, 0) is 12.1 Å². The van der Waals surface area contributed by atoms with E-state index in [0.717, 1.165) is 23.7 Å². The lowest BCUT2D eigenvalue weighted by atomic mass is 10.3. The summed E-state index contributed by atoms with van der Waals surface area (Å²) in [4.78, 5) is 0. The van der Waals surface area contributed by atoms with Gasteiger partial charge in [0.05, 0.1) is 12.8 Å². The molecular formula is C10H14N4O3. The van der Waals surface area contributed by atoms with Crippen LogP contribution in [0.4, 0.5) is 0 Å². The van der Waals surface area contributed by atoms with Crippen LogP contribution in [0.2, 0.25) is 0 Å². The Kier molecular flexibility index (Phi) is 2.97. The topological polar surface area (TPSA) is 75.8 Å². The Morgan fingerprint density at radius 1 is 1.18 bits per heavy atom. The summed E-state index contributed by atoms with van der Waals surface area (Å²) in [6, 6.07) is 5.57. The number of hydrazine groups is 3. The maximum atomic E-state index is 5.62. The van der Waals surface area contributed by atoms with Crippen molar-refractivity contribution in [3.05, 3.63) is 18.2 Å². The summed E-state index contributed by atoms with van der Waals surface area (Å²) < 4.78 is 16.1. The first-order valence-corrected chi connectivity index (χ1v) is 5.45. The lowest BCUT2D eigenvalue weighted by Gasteiger charge is -2.10. The average molecular weight is 238 g/mol. The lowest BCUT2D eigenvalue weighted by Crippen LogP contribution is -2.35. The van der Waals surface area contributed by atoms with E-state index in [4.69, 9.17) is 14.2 Å². The summed E-state index contributed by atoms with van der Waals surface area (Å²) in [6.45, 7) is 0.889.